The molecule has 25 heavy (non-hydrogen) atoms. The Labute approximate surface area is 146 Å². The molecule has 4 heteroatoms. The van der Waals surface area contributed by atoms with Crippen LogP contribution in [0, 0.1) is 13.8 Å². The smallest absolute Gasteiger partial charge is 0.157 e. The van der Waals surface area contributed by atoms with Gasteiger partial charge in [-0.25, -0.2) is 0 Å². The van der Waals surface area contributed by atoms with Crippen molar-refractivity contribution in [2.24, 2.45) is 0 Å². The lowest BCUT2D eigenvalue weighted by Crippen LogP contribution is -2.05. The largest absolute Gasteiger partial charge is 0.508 e. The zero-order chi connectivity index (χ0) is 18.1. The molecule has 0 bridgehead atoms. The number of aromatic hydroxyl groups is 4. The van der Waals surface area contributed by atoms with E-state index >= 15 is 0 Å². The number of phenols is 4. The van der Waals surface area contributed by atoms with Gasteiger partial charge in [0.05, 0.1) is 0 Å². The molecule has 0 saturated carbocycles. The Morgan fingerprint density at radius 2 is 1.04 bits per heavy atom. The Balaban J connectivity index is 2.29. The van der Waals surface area contributed by atoms with Gasteiger partial charge >= 0.3 is 0 Å². The second-order valence-electron chi connectivity index (χ2n) is 6.31. The van der Waals surface area contributed by atoms with Crippen LogP contribution >= 0.6 is 0 Å². The third-order valence-corrected chi connectivity index (χ3v) is 4.32. The predicted molar refractivity (Wildman–Crippen MR) is 96.4 cm³/mol. The van der Waals surface area contributed by atoms with E-state index in [1.807, 2.05) is 26.0 Å². The lowest BCUT2D eigenvalue weighted by molar-refractivity contribution is 0.403. The molecule has 0 fully saturated rings. The first-order valence-corrected chi connectivity index (χ1v) is 7.97. The minimum Gasteiger partial charge on any atom is -0.508 e. The highest BCUT2D eigenvalue weighted by Gasteiger charge is 2.24. The Kier molecular flexibility index (Phi) is 4.28. The summed E-state index contributed by atoms with van der Waals surface area (Å²) in [6.45, 7) is 3.84. The van der Waals surface area contributed by atoms with Crippen molar-refractivity contribution in [2.75, 3.05) is 0 Å². The van der Waals surface area contributed by atoms with Crippen LogP contribution in [0.1, 0.15) is 33.7 Å². The third kappa shape index (κ3) is 3.24. The number of hydrogen-bond acceptors (Lipinski definition) is 4. The van der Waals surface area contributed by atoms with Crippen molar-refractivity contribution in [1.82, 2.24) is 0 Å². The molecule has 3 aromatic rings. The number of rotatable bonds is 3. The summed E-state index contributed by atoms with van der Waals surface area (Å²) < 4.78 is 0. The first-order chi connectivity index (χ1) is 11.9. The summed E-state index contributed by atoms with van der Waals surface area (Å²) in [5, 5.41) is 40.4. The van der Waals surface area contributed by atoms with E-state index in [9.17, 15) is 20.4 Å². The molecule has 128 valence electrons. The standard InChI is InChI=1S/C21H20O4/c1-12-3-6-17(22)15(9-12)21(14-5-8-19(24)20(25)11-14)16-10-13(2)4-7-18(16)23/h3-11,21-25H,1-2H3. The van der Waals surface area contributed by atoms with Gasteiger partial charge in [-0.05, 0) is 43.7 Å². The SMILES string of the molecule is Cc1ccc(O)c(C(c2ccc(O)c(O)c2)c2cc(C)ccc2O)c1. The zero-order valence-corrected chi connectivity index (χ0v) is 14.1. The third-order valence-electron chi connectivity index (χ3n) is 4.32. The van der Waals surface area contributed by atoms with Crippen molar-refractivity contribution in [3.63, 3.8) is 0 Å². The normalized spacial score (nSPS) is 11.0. The van der Waals surface area contributed by atoms with Crippen molar-refractivity contribution < 1.29 is 20.4 Å². The first-order valence-electron chi connectivity index (χ1n) is 7.97. The summed E-state index contributed by atoms with van der Waals surface area (Å²) >= 11 is 0. The molecule has 0 unspecified atom stereocenters. The molecule has 0 aromatic heterocycles. The van der Waals surface area contributed by atoms with Gasteiger partial charge in [0.25, 0.3) is 0 Å². The predicted octanol–water partition coefficient (Wildman–Crippen LogP) is 4.31. The second kappa shape index (κ2) is 6.40. The fourth-order valence-electron chi connectivity index (χ4n) is 3.06. The quantitative estimate of drug-likeness (QED) is 0.424. The molecule has 3 rings (SSSR count). The van der Waals surface area contributed by atoms with Crippen molar-refractivity contribution in [3.05, 3.63) is 82.4 Å². The maximum atomic E-state index is 10.4. The molecule has 3 aromatic carbocycles. The molecule has 0 atom stereocenters. The highest BCUT2D eigenvalue weighted by molar-refractivity contribution is 5.56. The number of benzene rings is 3. The average Bonchev–Trinajstić information content (AvgIpc) is 2.57. The maximum absolute atomic E-state index is 10.4. The molecular weight excluding hydrogens is 316 g/mol. The summed E-state index contributed by atoms with van der Waals surface area (Å²) in [6, 6.07) is 15.1. The van der Waals surface area contributed by atoms with Crippen LogP contribution in [-0.4, -0.2) is 20.4 Å². The van der Waals surface area contributed by atoms with Gasteiger partial charge in [0.1, 0.15) is 11.5 Å². The molecule has 0 aliphatic heterocycles. The molecule has 0 spiro atoms. The van der Waals surface area contributed by atoms with E-state index in [-0.39, 0.29) is 23.0 Å². The first kappa shape index (κ1) is 16.7. The van der Waals surface area contributed by atoms with Crippen molar-refractivity contribution in [3.8, 4) is 23.0 Å². The van der Waals surface area contributed by atoms with Crippen LogP contribution in [0.5, 0.6) is 23.0 Å². The molecule has 0 aliphatic carbocycles. The van der Waals surface area contributed by atoms with Crippen LogP contribution in [0.2, 0.25) is 0 Å². The van der Waals surface area contributed by atoms with E-state index < -0.39 is 5.92 Å². The van der Waals surface area contributed by atoms with Crippen LogP contribution in [0.25, 0.3) is 0 Å². The Morgan fingerprint density at radius 3 is 1.52 bits per heavy atom. The highest BCUT2D eigenvalue weighted by Crippen LogP contribution is 2.42. The van der Waals surface area contributed by atoms with Crippen LogP contribution in [0.4, 0.5) is 0 Å². The number of phenolic OH excluding ortho intramolecular Hbond substituents is 4. The van der Waals surface area contributed by atoms with Crippen molar-refractivity contribution in [2.45, 2.75) is 19.8 Å². The molecule has 4 nitrogen and oxygen atoms in total. The van der Waals surface area contributed by atoms with E-state index in [0.29, 0.717) is 16.7 Å². The van der Waals surface area contributed by atoms with E-state index in [1.54, 1.807) is 30.3 Å². The molecule has 0 saturated heterocycles. The number of hydrogen-bond donors (Lipinski definition) is 4. The van der Waals surface area contributed by atoms with Gasteiger partial charge in [-0.3, -0.25) is 0 Å². The Hall–Kier alpha value is -3.14. The molecular formula is C21H20O4. The van der Waals surface area contributed by atoms with Gasteiger partial charge in [0.2, 0.25) is 0 Å². The van der Waals surface area contributed by atoms with E-state index in [2.05, 4.69) is 0 Å². The molecule has 0 amide bonds. The monoisotopic (exact) mass is 336 g/mol. The number of aryl methyl sites for hydroxylation is 2. The summed E-state index contributed by atoms with van der Waals surface area (Å²) in [5.41, 5.74) is 3.81. The van der Waals surface area contributed by atoms with E-state index in [4.69, 9.17) is 0 Å². The van der Waals surface area contributed by atoms with Gasteiger partial charge in [-0.15, -0.1) is 0 Å². The molecule has 0 aliphatic rings. The Bertz CT molecular complexity index is 880. The fraction of sp³-hybridized carbons (Fsp3) is 0.143. The second-order valence-corrected chi connectivity index (χ2v) is 6.31. The zero-order valence-electron chi connectivity index (χ0n) is 14.1. The van der Waals surface area contributed by atoms with E-state index in [1.165, 1.54) is 12.1 Å². The lowest BCUT2D eigenvalue weighted by Gasteiger charge is -2.22. The van der Waals surface area contributed by atoms with Crippen molar-refractivity contribution in [1.29, 1.82) is 0 Å². The summed E-state index contributed by atoms with van der Waals surface area (Å²) in [6.07, 6.45) is 0. The topological polar surface area (TPSA) is 80.9 Å². The summed E-state index contributed by atoms with van der Waals surface area (Å²) in [5.74, 6) is -0.759. The van der Waals surface area contributed by atoms with Crippen molar-refractivity contribution >= 4 is 0 Å². The molecule has 0 radical (unpaired) electrons. The van der Waals surface area contributed by atoms with Gasteiger partial charge in [0.15, 0.2) is 11.5 Å². The minimum atomic E-state index is -0.494. The maximum Gasteiger partial charge on any atom is 0.157 e. The summed E-state index contributed by atoms with van der Waals surface area (Å²) in [4.78, 5) is 0. The van der Waals surface area contributed by atoms with E-state index in [0.717, 1.165) is 11.1 Å². The van der Waals surface area contributed by atoms with Gasteiger partial charge < -0.3 is 20.4 Å². The summed E-state index contributed by atoms with van der Waals surface area (Å²) in [7, 11) is 0. The molecule has 0 heterocycles. The van der Waals surface area contributed by atoms with Gasteiger partial charge in [-0.2, -0.15) is 0 Å². The van der Waals surface area contributed by atoms with Crippen LogP contribution in [0.15, 0.2) is 54.6 Å². The highest BCUT2D eigenvalue weighted by atomic mass is 16.3. The van der Waals surface area contributed by atoms with Crippen LogP contribution in [0.3, 0.4) is 0 Å². The van der Waals surface area contributed by atoms with Gasteiger partial charge in [0, 0.05) is 17.0 Å². The lowest BCUT2D eigenvalue weighted by atomic mass is 9.83. The average molecular weight is 336 g/mol. The van der Waals surface area contributed by atoms with Crippen LogP contribution < -0.4 is 0 Å². The Morgan fingerprint density at radius 1 is 0.560 bits per heavy atom. The minimum absolute atomic E-state index is 0.101. The fourth-order valence-corrected chi connectivity index (χ4v) is 3.06. The molecule has 4 N–H and O–H groups in total. The van der Waals surface area contributed by atoms with Gasteiger partial charge in [-0.1, -0.05) is 41.5 Å². The van der Waals surface area contributed by atoms with Crippen LogP contribution in [-0.2, 0) is 0 Å².